The highest BCUT2D eigenvalue weighted by molar-refractivity contribution is 6.05. The van der Waals surface area contributed by atoms with Crippen LogP contribution in [0.15, 0.2) is 24.3 Å². The molecule has 0 heterocycles. The number of aliphatic hydroxyl groups excluding tert-OH is 1. The van der Waals surface area contributed by atoms with Gasteiger partial charge in [0.25, 0.3) is 0 Å². The van der Waals surface area contributed by atoms with Crippen LogP contribution in [0, 0.1) is 5.82 Å². The fourth-order valence-electron chi connectivity index (χ4n) is 2.05. The number of aliphatic hydroxyl groups is 1. The normalized spacial score (nSPS) is 15.2. The summed E-state index contributed by atoms with van der Waals surface area (Å²) >= 11 is 0. The fourth-order valence-corrected chi connectivity index (χ4v) is 2.05. The van der Waals surface area contributed by atoms with E-state index in [1.807, 2.05) is 0 Å². The number of carboxylic acid groups (broad SMARTS) is 1. The first-order valence-electron chi connectivity index (χ1n) is 6.19. The Labute approximate surface area is 116 Å². The number of hydrogen-bond donors (Lipinski definition) is 2. The van der Waals surface area contributed by atoms with Crippen molar-refractivity contribution in [2.45, 2.75) is 31.8 Å². The minimum atomic E-state index is -2.04. The van der Waals surface area contributed by atoms with Crippen molar-refractivity contribution >= 4 is 11.9 Å². The lowest BCUT2D eigenvalue weighted by atomic mass is 9.76. The Balaban J connectivity index is 3.39. The van der Waals surface area contributed by atoms with Gasteiger partial charge in [-0.3, -0.25) is 9.59 Å². The number of halogens is 1. The van der Waals surface area contributed by atoms with Gasteiger partial charge in [0.2, 0.25) is 0 Å². The van der Waals surface area contributed by atoms with Gasteiger partial charge in [-0.2, -0.15) is 0 Å². The molecule has 1 aromatic carbocycles. The molecule has 2 atom stereocenters. The Kier molecular flexibility index (Phi) is 5.21. The van der Waals surface area contributed by atoms with E-state index in [1.165, 1.54) is 19.1 Å². The Morgan fingerprint density at radius 3 is 2.30 bits per heavy atom. The van der Waals surface area contributed by atoms with Gasteiger partial charge >= 0.3 is 11.9 Å². The summed E-state index contributed by atoms with van der Waals surface area (Å²) in [5.41, 5.74) is -1.97. The quantitative estimate of drug-likeness (QED) is 0.610. The van der Waals surface area contributed by atoms with Gasteiger partial charge in [-0.05, 0) is 31.5 Å². The summed E-state index contributed by atoms with van der Waals surface area (Å²) in [4.78, 5) is 23.8. The predicted octanol–water partition coefficient (Wildman–Crippen LogP) is 1.48. The van der Waals surface area contributed by atoms with Crippen LogP contribution < -0.4 is 0 Å². The van der Waals surface area contributed by atoms with Gasteiger partial charge in [-0.15, -0.1) is 0 Å². The maximum atomic E-state index is 13.0. The van der Waals surface area contributed by atoms with E-state index in [1.54, 1.807) is 6.92 Å². The van der Waals surface area contributed by atoms with E-state index in [2.05, 4.69) is 0 Å². The first-order valence-corrected chi connectivity index (χ1v) is 6.19. The van der Waals surface area contributed by atoms with Crippen molar-refractivity contribution in [3.05, 3.63) is 35.6 Å². The van der Waals surface area contributed by atoms with E-state index in [0.29, 0.717) is 0 Å². The monoisotopic (exact) mass is 284 g/mol. The van der Waals surface area contributed by atoms with E-state index < -0.39 is 29.3 Å². The summed E-state index contributed by atoms with van der Waals surface area (Å²) in [7, 11) is 0. The van der Waals surface area contributed by atoms with Gasteiger partial charge in [0.15, 0.2) is 5.41 Å². The maximum Gasteiger partial charge on any atom is 0.328 e. The molecule has 0 bridgehead atoms. The fraction of sp³-hybridized carbons (Fsp3) is 0.429. The molecule has 0 aliphatic heterocycles. The molecule has 0 amide bonds. The summed E-state index contributed by atoms with van der Waals surface area (Å²) in [6.07, 6.45) is -1.40. The highest BCUT2D eigenvalue weighted by Crippen LogP contribution is 2.32. The van der Waals surface area contributed by atoms with Crippen molar-refractivity contribution in [1.29, 1.82) is 0 Å². The molecule has 0 aromatic heterocycles. The SMILES string of the molecule is CCOC(=O)C(CC(C)O)(C(=O)O)c1ccc(F)cc1. The van der Waals surface area contributed by atoms with Crippen LogP contribution in [0.2, 0.25) is 0 Å². The Morgan fingerprint density at radius 2 is 1.90 bits per heavy atom. The largest absolute Gasteiger partial charge is 0.480 e. The zero-order chi connectivity index (χ0) is 15.3. The molecule has 1 rings (SSSR count). The predicted molar refractivity (Wildman–Crippen MR) is 68.6 cm³/mol. The van der Waals surface area contributed by atoms with Crippen LogP contribution in [0.4, 0.5) is 4.39 Å². The van der Waals surface area contributed by atoms with E-state index in [0.717, 1.165) is 12.1 Å². The number of carbonyl (C=O) groups excluding carboxylic acids is 1. The average molecular weight is 284 g/mol. The number of carbonyl (C=O) groups is 2. The second kappa shape index (κ2) is 6.47. The molecule has 0 radical (unpaired) electrons. The first-order chi connectivity index (χ1) is 9.34. The molecule has 6 heteroatoms. The van der Waals surface area contributed by atoms with Crippen LogP contribution >= 0.6 is 0 Å². The Bertz CT molecular complexity index is 483. The lowest BCUT2D eigenvalue weighted by molar-refractivity contribution is -0.163. The van der Waals surface area contributed by atoms with E-state index in [4.69, 9.17) is 4.74 Å². The lowest BCUT2D eigenvalue weighted by Crippen LogP contribution is -2.47. The van der Waals surface area contributed by atoms with Gasteiger partial charge in [0.05, 0.1) is 12.7 Å². The van der Waals surface area contributed by atoms with Crippen molar-refractivity contribution in [3.63, 3.8) is 0 Å². The molecule has 0 saturated carbocycles. The highest BCUT2D eigenvalue weighted by Gasteiger charge is 2.50. The number of carboxylic acids is 1. The first kappa shape index (κ1) is 16.1. The summed E-state index contributed by atoms with van der Waals surface area (Å²) in [5, 5.41) is 19.0. The van der Waals surface area contributed by atoms with Gasteiger partial charge in [0, 0.05) is 6.42 Å². The molecule has 2 unspecified atom stereocenters. The number of rotatable bonds is 6. The van der Waals surface area contributed by atoms with E-state index >= 15 is 0 Å². The molecule has 0 saturated heterocycles. The van der Waals surface area contributed by atoms with Gasteiger partial charge in [0.1, 0.15) is 5.82 Å². The van der Waals surface area contributed by atoms with Crippen molar-refractivity contribution in [2.75, 3.05) is 6.61 Å². The summed E-state index contributed by atoms with van der Waals surface area (Å²) in [6.45, 7) is 2.94. The minimum Gasteiger partial charge on any atom is -0.480 e. The van der Waals surface area contributed by atoms with Crippen LogP contribution in [0.1, 0.15) is 25.8 Å². The highest BCUT2D eigenvalue weighted by atomic mass is 19.1. The maximum absolute atomic E-state index is 13.0. The molecule has 0 fully saturated rings. The third-order valence-corrected chi connectivity index (χ3v) is 2.93. The van der Waals surface area contributed by atoms with Gasteiger partial charge < -0.3 is 14.9 Å². The standard InChI is InChI=1S/C14H17FO5/c1-3-20-13(19)14(12(17)18,8-9(2)16)10-4-6-11(15)7-5-10/h4-7,9,16H,3,8H2,1-2H3,(H,17,18). The molecule has 110 valence electrons. The Hall–Kier alpha value is -1.95. The molecular weight excluding hydrogens is 267 g/mol. The van der Waals surface area contributed by atoms with E-state index in [9.17, 15) is 24.2 Å². The zero-order valence-electron chi connectivity index (χ0n) is 11.3. The van der Waals surface area contributed by atoms with Crippen molar-refractivity contribution < 1.29 is 28.9 Å². The van der Waals surface area contributed by atoms with Gasteiger partial charge in [-0.25, -0.2) is 4.39 Å². The molecule has 5 nitrogen and oxygen atoms in total. The Morgan fingerprint density at radius 1 is 1.35 bits per heavy atom. The number of aliphatic carboxylic acids is 1. The topological polar surface area (TPSA) is 83.8 Å². The zero-order valence-corrected chi connectivity index (χ0v) is 11.3. The minimum absolute atomic E-state index is 0.00880. The van der Waals surface area contributed by atoms with Crippen molar-refractivity contribution in [1.82, 2.24) is 0 Å². The molecule has 20 heavy (non-hydrogen) atoms. The lowest BCUT2D eigenvalue weighted by Gasteiger charge is -2.28. The molecule has 0 aliphatic rings. The number of esters is 1. The van der Waals surface area contributed by atoms with Crippen LogP contribution in [0.3, 0.4) is 0 Å². The van der Waals surface area contributed by atoms with Crippen molar-refractivity contribution in [3.8, 4) is 0 Å². The molecule has 1 aromatic rings. The third-order valence-electron chi connectivity index (χ3n) is 2.93. The van der Waals surface area contributed by atoms with Crippen LogP contribution in [0.5, 0.6) is 0 Å². The van der Waals surface area contributed by atoms with Crippen LogP contribution in [0.25, 0.3) is 0 Å². The number of benzene rings is 1. The molecule has 0 spiro atoms. The van der Waals surface area contributed by atoms with Crippen LogP contribution in [-0.4, -0.2) is 34.9 Å². The van der Waals surface area contributed by atoms with E-state index in [-0.39, 0.29) is 18.6 Å². The van der Waals surface area contributed by atoms with Crippen molar-refractivity contribution in [2.24, 2.45) is 0 Å². The second-order valence-electron chi connectivity index (χ2n) is 4.49. The van der Waals surface area contributed by atoms with Gasteiger partial charge in [-0.1, -0.05) is 12.1 Å². The second-order valence-corrected chi connectivity index (χ2v) is 4.49. The summed E-state index contributed by atoms with van der Waals surface area (Å²) in [6, 6.07) is 4.55. The molecule has 2 N–H and O–H groups in total. The summed E-state index contributed by atoms with van der Waals surface area (Å²) < 4.78 is 17.8. The average Bonchev–Trinajstić information content (AvgIpc) is 2.36. The number of hydrogen-bond acceptors (Lipinski definition) is 4. The smallest absolute Gasteiger partial charge is 0.328 e. The summed E-state index contributed by atoms with van der Waals surface area (Å²) in [5.74, 6) is -2.96. The number of ether oxygens (including phenoxy) is 1. The molecule has 0 aliphatic carbocycles. The third kappa shape index (κ3) is 3.14. The van der Waals surface area contributed by atoms with Crippen LogP contribution in [-0.2, 0) is 19.7 Å². The molecular formula is C14H17FO5.